The van der Waals surface area contributed by atoms with Crippen molar-refractivity contribution in [2.24, 2.45) is 16.2 Å². The van der Waals surface area contributed by atoms with Crippen LogP contribution in [0.1, 0.15) is 48.0 Å². The molecule has 0 radical (unpaired) electrons. The predicted octanol–water partition coefficient (Wildman–Crippen LogP) is 1.74. The molecule has 5 heteroatoms. The second-order valence-corrected chi connectivity index (χ2v) is 6.41. The van der Waals surface area contributed by atoms with Crippen LogP contribution in [0.3, 0.4) is 0 Å². The zero-order chi connectivity index (χ0) is 16.2. The van der Waals surface area contributed by atoms with E-state index in [1.807, 2.05) is 41.5 Å². The Morgan fingerprint density at radius 2 is 1.65 bits per heavy atom. The molecule has 0 fully saturated rings. The second-order valence-electron chi connectivity index (χ2n) is 6.41. The molecule has 1 atom stereocenters. The summed E-state index contributed by atoms with van der Waals surface area (Å²) in [6.07, 6.45) is 0.573. The molecule has 118 valence electrons. The van der Waals surface area contributed by atoms with Crippen LogP contribution in [0.5, 0.6) is 0 Å². The quantitative estimate of drug-likeness (QED) is 0.699. The Labute approximate surface area is 122 Å². The van der Waals surface area contributed by atoms with Crippen molar-refractivity contribution >= 4 is 11.9 Å². The maximum absolute atomic E-state index is 12.4. The van der Waals surface area contributed by atoms with Crippen LogP contribution in [-0.2, 0) is 14.3 Å². The number of aliphatic hydroxyl groups excluding tert-OH is 1. The van der Waals surface area contributed by atoms with Crippen molar-refractivity contribution in [3.63, 3.8) is 0 Å². The Hall–Kier alpha value is -1.10. The normalized spacial score (nSPS) is 15.4. The van der Waals surface area contributed by atoms with E-state index in [0.29, 0.717) is 6.42 Å². The van der Waals surface area contributed by atoms with Crippen molar-refractivity contribution in [1.29, 1.82) is 0 Å². The van der Waals surface area contributed by atoms with Crippen LogP contribution in [0.25, 0.3) is 0 Å². The highest BCUT2D eigenvalue weighted by atomic mass is 16.5. The molecular formula is C15H29NO4. The van der Waals surface area contributed by atoms with E-state index in [9.17, 15) is 9.59 Å². The fourth-order valence-corrected chi connectivity index (χ4v) is 2.43. The van der Waals surface area contributed by atoms with Crippen molar-refractivity contribution in [1.82, 2.24) is 5.32 Å². The molecule has 0 heterocycles. The molecule has 0 rings (SSSR count). The van der Waals surface area contributed by atoms with Crippen molar-refractivity contribution in [3.8, 4) is 0 Å². The summed E-state index contributed by atoms with van der Waals surface area (Å²) in [6, 6.07) is 0. The van der Waals surface area contributed by atoms with Crippen LogP contribution in [0.15, 0.2) is 0 Å². The van der Waals surface area contributed by atoms with E-state index in [4.69, 9.17) is 9.84 Å². The Kier molecular flexibility index (Phi) is 6.21. The first kappa shape index (κ1) is 18.9. The van der Waals surface area contributed by atoms with Crippen molar-refractivity contribution in [3.05, 3.63) is 0 Å². The van der Waals surface area contributed by atoms with E-state index < -0.39 is 16.2 Å². The van der Waals surface area contributed by atoms with Crippen LogP contribution in [0.4, 0.5) is 0 Å². The van der Waals surface area contributed by atoms with Gasteiger partial charge in [0.15, 0.2) is 0 Å². The van der Waals surface area contributed by atoms with Crippen LogP contribution >= 0.6 is 0 Å². The van der Waals surface area contributed by atoms with E-state index in [2.05, 4.69) is 5.32 Å². The molecule has 0 bridgehead atoms. The molecule has 5 nitrogen and oxygen atoms in total. The molecule has 0 aliphatic rings. The summed E-state index contributed by atoms with van der Waals surface area (Å²) < 4.78 is 4.94. The molecule has 0 spiro atoms. The first-order valence-electron chi connectivity index (χ1n) is 7.00. The number of amides is 1. The summed E-state index contributed by atoms with van der Waals surface area (Å²) in [6.45, 7) is 11.3. The van der Waals surface area contributed by atoms with Gasteiger partial charge in [-0.1, -0.05) is 34.6 Å². The Morgan fingerprint density at radius 3 is 2.00 bits per heavy atom. The zero-order valence-corrected chi connectivity index (χ0v) is 13.8. The number of ether oxygens (including phenoxy) is 1. The molecule has 0 aliphatic carbocycles. The molecule has 0 aliphatic heterocycles. The fourth-order valence-electron chi connectivity index (χ4n) is 2.43. The minimum Gasteiger partial charge on any atom is -0.469 e. The number of aliphatic hydroxyl groups is 1. The Bertz CT molecular complexity index is 363. The minimum absolute atomic E-state index is 0.107. The third kappa shape index (κ3) is 2.97. The lowest BCUT2D eigenvalue weighted by Gasteiger charge is -2.50. The van der Waals surface area contributed by atoms with Crippen molar-refractivity contribution < 1.29 is 19.4 Å². The van der Waals surface area contributed by atoms with Gasteiger partial charge in [-0.05, 0) is 18.8 Å². The van der Waals surface area contributed by atoms with E-state index in [-0.39, 0.29) is 25.0 Å². The molecule has 0 aromatic heterocycles. The predicted molar refractivity (Wildman–Crippen MR) is 78.1 cm³/mol. The first-order valence-corrected chi connectivity index (χ1v) is 7.00. The zero-order valence-electron chi connectivity index (χ0n) is 13.8. The molecule has 2 N–H and O–H groups in total. The number of rotatable bonds is 7. The topological polar surface area (TPSA) is 75.6 Å². The molecule has 0 saturated carbocycles. The molecular weight excluding hydrogens is 258 g/mol. The standard InChI is InChI=1S/C15H29NO4/c1-8-15(6,12(19)20-7)14(4,5)13(2,3)11(18)16-9-10-17/h17H,8-10H2,1-7H3,(H,16,18). The monoisotopic (exact) mass is 287 g/mol. The van der Waals surface area contributed by atoms with E-state index in [1.165, 1.54) is 7.11 Å². The highest BCUT2D eigenvalue weighted by Crippen LogP contribution is 2.53. The van der Waals surface area contributed by atoms with Crippen LogP contribution in [0, 0.1) is 16.2 Å². The lowest BCUT2D eigenvalue weighted by molar-refractivity contribution is -0.170. The summed E-state index contributed by atoms with van der Waals surface area (Å²) >= 11 is 0. The summed E-state index contributed by atoms with van der Waals surface area (Å²) in [5.74, 6) is -0.492. The minimum atomic E-state index is -0.791. The van der Waals surface area contributed by atoms with Crippen molar-refractivity contribution in [2.45, 2.75) is 48.0 Å². The van der Waals surface area contributed by atoms with Crippen LogP contribution in [-0.4, -0.2) is 37.2 Å². The number of nitrogens with one attached hydrogen (secondary N) is 1. The largest absolute Gasteiger partial charge is 0.469 e. The van der Waals surface area contributed by atoms with Gasteiger partial charge in [0.1, 0.15) is 0 Å². The second kappa shape index (κ2) is 6.57. The number of methoxy groups -OCH3 is 1. The van der Waals surface area contributed by atoms with Crippen LogP contribution in [0.2, 0.25) is 0 Å². The summed E-state index contributed by atoms with van der Waals surface area (Å²) in [4.78, 5) is 24.6. The number of hydrogen-bond acceptors (Lipinski definition) is 4. The maximum Gasteiger partial charge on any atom is 0.312 e. The summed E-state index contributed by atoms with van der Waals surface area (Å²) in [5, 5.41) is 11.5. The molecule has 0 saturated heterocycles. The molecule has 0 aromatic rings. The third-order valence-corrected chi connectivity index (χ3v) is 5.25. The van der Waals surface area contributed by atoms with Gasteiger partial charge < -0.3 is 15.2 Å². The number of hydrogen-bond donors (Lipinski definition) is 2. The number of esters is 1. The number of carbonyl (C=O) groups is 2. The third-order valence-electron chi connectivity index (χ3n) is 5.25. The Balaban J connectivity index is 5.56. The van der Waals surface area contributed by atoms with Gasteiger partial charge in [-0.3, -0.25) is 9.59 Å². The van der Waals surface area contributed by atoms with E-state index in [1.54, 1.807) is 0 Å². The van der Waals surface area contributed by atoms with Gasteiger partial charge in [0.05, 0.1) is 19.1 Å². The average molecular weight is 287 g/mol. The molecule has 1 unspecified atom stereocenters. The molecule has 20 heavy (non-hydrogen) atoms. The van der Waals surface area contributed by atoms with Gasteiger partial charge in [-0.2, -0.15) is 0 Å². The SMILES string of the molecule is CCC(C)(C(=O)OC)C(C)(C)C(C)(C)C(=O)NCCO. The van der Waals surface area contributed by atoms with Gasteiger partial charge in [0.2, 0.25) is 5.91 Å². The van der Waals surface area contributed by atoms with E-state index in [0.717, 1.165) is 0 Å². The average Bonchev–Trinajstić information content (AvgIpc) is 2.41. The smallest absolute Gasteiger partial charge is 0.312 e. The van der Waals surface area contributed by atoms with E-state index >= 15 is 0 Å². The van der Waals surface area contributed by atoms with Gasteiger partial charge in [0.25, 0.3) is 0 Å². The summed E-state index contributed by atoms with van der Waals surface area (Å²) in [7, 11) is 1.37. The van der Waals surface area contributed by atoms with Gasteiger partial charge in [-0.15, -0.1) is 0 Å². The van der Waals surface area contributed by atoms with Gasteiger partial charge >= 0.3 is 5.97 Å². The molecule has 0 aromatic carbocycles. The van der Waals surface area contributed by atoms with Crippen molar-refractivity contribution in [2.75, 3.05) is 20.3 Å². The molecule has 1 amide bonds. The van der Waals surface area contributed by atoms with Crippen LogP contribution < -0.4 is 5.32 Å². The first-order chi connectivity index (χ1) is 9.02. The number of carbonyl (C=O) groups excluding carboxylic acids is 2. The fraction of sp³-hybridized carbons (Fsp3) is 0.867. The van der Waals surface area contributed by atoms with Gasteiger partial charge in [0, 0.05) is 12.0 Å². The summed E-state index contributed by atoms with van der Waals surface area (Å²) in [5.41, 5.74) is -2.19. The maximum atomic E-state index is 12.4. The Morgan fingerprint density at radius 1 is 1.15 bits per heavy atom. The lowest BCUT2D eigenvalue weighted by Crippen LogP contribution is -2.56. The van der Waals surface area contributed by atoms with Gasteiger partial charge in [-0.25, -0.2) is 0 Å². The highest BCUT2D eigenvalue weighted by molar-refractivity contribution is 5.85. The lowest BCUT2D eigenvalue weighted by atomic mass is 9.53. The highest BCUT2D eigenvalue weighted by Gasteiger charge is 2.57.